The lowest BCUT2D eigenvalue weighted by molar-refractivity contribution is -0.119. The van der Waals surface area contributed by atoms with E-state index in [1.165, 1.54) is 18.3 Å². The number of aryl methyl sites for hydroxylation is 1. The van der Waals surface area contributed by atoms with Crippen LogP contribution in [0.15, 0.2) is 60.0 Å². The molecule has 3 aromatic rings. The number of amides is 2. The Kier molecular flexibility index (Phi) is 6.41. The molecule has 2 amide bonds. The van der Waals surface area contributed by atoms with Gasteiger partial charge in [0.25, 0.3) is 5.91 Å². The van der Waals surface area contributed by atoms with Gasteiger partial charge in [0, 0.05) is 23.9 Å². The number of nitrogens with one attached hydrogen (secondary N) is 2. The fraction of sp³-hybridized carbons (Fsp3) is 0.136. The van der Waals surface area contributed by atoms with Gasteiger partial charge in [0.2, 0.25) is 5.91 Å². The Morgan fingerprint density at radius 3 is 2.34 bits per heavy atom. The van der Waals surface area contributed by atoms with E-state index in [9.17, 15) is 14.4 Å². The average Bonchev–Trinajstić information content (AvgIpc) is 3.16. The molecule has 0 saturated heterocycles. The molecule has 0 aliphatic heterocycles. The maximum absolute atomic E-state index is 12.5. The van der Waals surface area contributed by atoms with Gasteiger partial charge < -0.3 is 15.4 Å². The molecule has 1 heterocycles. The second kappa shape index (κ2) is 9.16. The number of hydrogen-bond donors (Lipinski definition) is 2. The Balaban J connectivity index is 1.60. The van der Waals surface area contributed by atoms with Gasteiger partial charge in [-0.05, 0) is 42.1 Å². The molecule has 7 heteroatoms. The summed E-state index contributed by atoms with van der Waals surface area (Å²) in [6.07, 6.45) is 0. The predicted octanol–water partition coefficient (Wildman–Crippen LogP) is 4.48. The number of anilines is 2. The fourth-order valence-corrected chi connectivity index (χ4v) is 3.51. The molecule has 0 aliphatic rings. The Labute approximate surface area is 172 Å². The number of carbonyl (C=O) groups excluding carboxylic acids is 3. The van der Waals surface area contributed by atoms with E-state index < -0.39 is 18.5 Å². The highest BCUT2D eigenvalue weighted by atomic mass is 32.1. The first kappa shape index (κ1) is 20.3. The normalized spacial score (nSPS) is 10.3. The van der Waals surface area contributed by atoms with Crippen LogP contribution in [0.25, 0.3) is 11.1 Å². The minimum absolute atomic E-state index is 0.206. The van der Waals surface area contributed by atoms with Crippen molar-refractivity contribution in [2.75, 3.05) is 17.2 Å². The van der Waals surface area contributed by atoms with Gasteiger partial charge in [0.15, 0.2) is 6.61 Å². The summed E-state index contributed by atoms with van der Waals surface area (Å²) >= 11 is 1.27. The standard InChI is InChI=1S/C22H20N2O4S/c1-14-6-8-16(9-7-14)19-10-11-29-21(19)22(27)28-13-20(26)24-18-5-3-4-17(12-18)23-15(2)25/h3-12H,13H2,1-2H3,(H,23,25)(H,24,26). The molecule has 3 rings (SSSR count). The third kappa shape index (κ3) is 5.52. The minimum Gasteiger partial charge on any atom is -0.451 e. The zero-order valence-corrected chi connectivity index (χ0v) is 16.8. The van der Waals surface area contributed by atoms with Gasteiger partial charge in [-0.3, -0.25) is 9.59 Å². The van der Waals surface area contributed by atoms with Crippen LogP contribution >= 0.6 is 11.3 Å². The number of rotatable bonds is 6. The molecule has 0 aliphatic carbocycles. The van der Waals surface area contributed by atoms with Crippen LogP contribution in [0.5, 0.6) is 0 Å². The summed E-state index contributed by atoms with van der Waals surface area (Å²) in [5, 5.41) is 7.10. The third-order valence-corrected chi connectivity index (χ3v) is 4.91. The van der Waals surface area contributed by atoms with E-state index in [1.54, 1.807) is 24.3 Å². The maximum Gasteiger partial charge on any atom is 0.349 e. The van der Waals surface area contributed by atoms with Crippen molar-refractivity contribution < 1.29 is 19.1 Å². The van der Waals surface area contributed by atoms with Crippen LogP contribution in [0.3, 0.4) is 0 Å². The van der Waals surface area contributed by atoms with Crippen LogP contribution in [0.4, 0.5) is 11.4 Å². The summed E-state index contributed by atoms with van der Waals surface area (Å²) in [6, 6.07) is 16.4. The molecule has 0 bridgehead atoms. The molecular weight excluding hydrogens is 388 g/mol. The van der Waals surface area contributed by atoms with Crippen LogP contribution in [0.1, 0.15) is 22.2 Å². The minimum atomic E-state index is -0.544. The quantitative estimate of drug-likeness (QED) is 0.589. The Morgan fingerprint density at radius 1 is 0.966 bits per heavy atom. The molecule has 0 radical (unpaired) electrons. The summed E-state index contributed by atoms with van der Waals surface area (Å²) < 4.78 is 5.19. The Morgan fingerprint density at radius 2 is 1.66 bits per heavy atom. The largest absolute Gasteiger partial charge is 0.451 e. The van der Waals surface area contributed by atoms with Gasteiger partial charge in [-0.15, -0.1) is 11.3 Å². The first-order valence-corrected chi connectivity index (χ1v) is 9.79. The first-order valence-electron chi connectivity index (χ1n) is 8.91. The van der Waals surface area contributed by atoms with Gasteiger partial charge in [-0.2, -0.15) is 0 Å². The van der Waals surface area contributed by atoms with Gasteiger partial charge in [-0.25, -0.2) is 4.79 Å². The maximum atomic E-state index is 12.5. The van der Waals surface area contributed by atoms with E-state index in [0.717, 1.165) is 16.7 Å². The summed E-state index contributed by atoms with van der Waals surface area (Å²) in [7, 11) is 0. The van der Waals surface area contributed by atoms with Crippen LogP contribution < -0.4 is 10.6 Å². The SMILES string of the molecule is CC(=O)Nc1cccc(NC(=O)COC(=O)c2sccc2-c2ccc(C)cc2)c1. The Bertz CT molecular complexity index is 1040. The topological polar surface area (TPSA) is 84.5 Å². The molecule has 1 aromatic heterocycles. The smallest absolute Gasteiger partial charge is 0.349 e. The molecule has 6 nitrogen and oxygen atoms in total. The number of benzene rings is 2. The average molecular weight is 408 g/mol. The molecule has 148 valence electrons. The molecule has 0 atom stereocenters. The lowest BCUT2D eigenvalue weighted by Gasteiger charge is -2.09. The second-order valence-electron chi connectivity index (χ2n) is 6.42. The van der Waals surface area contributed by atoms with E-state index in [2.05, 4.69) is 10.6 Å². The van der Waals surface area contributed by atoms with E-state index in [-0.39, 0.29) is 5.91 Å². The molecule has 0 spiro atoms. The number of hydrogen-bond acceptors (Lipinski definition) is 5. The van der Waals surface area contributed by atoms with Gasteiger partial charge in [0.1, 0.15) is 4.88 Å². The second-order valence-corrected chi connectivity index (χ2v) is 7.33. The zero-order chi connectivity index (χ0) is 20.8. The van der Waals surface area contributed by atoms with Crippen LogP contribution in [-0.2, 0) is 14.3 Å². The van der Waals surface area contributed by atoms with Crippen molar-refractivity contribution in [2.24, 2.45) is 0 Å². The van der Waals surface area contributed by atoms with E-state index in [1.807, 2.05) is 42.6 Å². The van der Waals surface area contributed by atoms with Gasteiger partial charge >= 0.3 is 5.97 Å². The summed E-state index contributed by atoms with van der Waals surface area (Å²) in [6.45, 7) is 2.99. The van der Waals surface area contributed by atoms with E-state index in [0.29, 0.717) is 16.3 Å². The molecular formula is C22H20N2O4S. The zero-order valence-electron chi connectivity index (χ0n) is 16.0. The summed E-state index contributed by atoms with van der Waals surface area (Å²) in [4.78, 5) is 36.2. The van der Waals surface area contributed by atoms with Crippen molar-refractivity contribution in [1.82, 2.24) is 0 Å². The van der Waals surface area contributed by atoms with Crippen molar-refractivity contribution >= 4 is 40.5 Å². The molecule has 0 unspecified atom stereocenters. The number of carbonyl (C=O) groups is 3. The predicted molar refractivity (Wildman–Crippen MR) is 114 cm³/mol. The number of thiophene rings is 1. The summed E-state index contributed by atoms with van der Waals surface area (Å²) in [5.41, 5.74) is 3.89. The molecule has 2 N–H and O–H groups in total. The van der Waals surface area contributed by atoms with Crippen LogP contribution in [0, 0.1) is 6.92 Å². The molecule has 0 fully saturated rings. The lowest BCUT2D eigenvalue weighted by atomic mass is 10.1. The van der Waals surface area contributed by atoms with E-state index in [4.69, 9.17) is 4.74 Å². The lowest BCUT2D eigenvalue weighted by Crippen LogP contribution is -2.21. The molecule has 29 heavy (non-hydrogen) atoms. The first-order chi connectivity index (χ1) is 13.9. The van der Waals surface area contributed by atoms with Crippen molar-refractivity contribution in [3.8, 4) is 11.1 Å². The molecule has 0 saturated carbocycles. The fourth-order valence-electron chi connectivity index (χ4n) is 2.70. The van der Waals surface area contributed by atoms with Crippen LogP contribution in [-0.4, -0.2) is 24.4 Å². The highest BCUT2D eigenvalue weighted by molar-refractivity contribution is 7.12. The van der Waals surface area contributed by atoms with Crippen molar-refractivity contribution in [3.63, 3.8) is 0 Å². The van der Waals surface area contributed by atoms with Gasteiger partial charge in [0.05, 0.1) is 0 Å². The van der Waals surface area contributed by atoms with Crippen molar-refractivity contribution in [1.29, 1.82) is 0 Å². The highest BCUT2D eigenvalue weighted by Gasteiger charge is 2.17. The number of esters is 1. The monoisotopic (exact) mass is 408 g/mol. The highest BCUT2D eigenvalue weighted by Crippen LogP contribution is 2.29. The third-order valence-electron chi connectivity index (χ3n) is 4.01. The van der Waals surface area contributed by atoms with Crippen molar-refractivity contribution in [3.05, 3.63) is 70.4 Å². The van der Waals surface area contributed by atoms with Gasteiger partial charge in [-0.1, -0.05) is 35.9 Å². The van der Waals surface area contributed by atoms with Crippen LogP contribution in [0.2, 0.25) is 0 Å². The van der Waals surface area contributed by atoms with Crippen molar-refractivity contribution in [2.45, 2.75) is 13.8 Å². The number of ether oxygens (including phenoxy) is 1. The van der Waals surface area contributed by atoms with E-state index >= 15 is 0 Å². The summed E-state index contributed by atoms with van der Waals surface area (Å²) in [5.74, 6) is -1.22. The Hall–Kier alpha value is -3.45. The molecule has 2 aromatic carbocycles.